The summed E-state index contributed by atoms with van der Waals surface area (Å²) in [6, 6.07) is 14.4. The number of amides is 1. The van der Waals surface area contributed by atoms with E-state index in [1.807, 2.05) is 12.1 Å². The van der Waals surface area contributed by atoms with Crippen LogP contribution >= 0.6 is 0 Å². The molecule has 0 aliphatic carbocycles. The van der Waals surface area contributed by atoms with E-state index in [0.717, 1.165) is 56.0 Å². The molecule has 8 nitrogen and oxygen atoms in total. The lowest BCUT2D eigenvalue weighted by Crippen LogP contribution is -2.41. The maximum absolute atomic E-state index is 12.6. The Hall–Kier alpha value is -2.94. The molecule has 1 fully saturated rings. The summed E-state index contributed by atoms with van der Waals surface area (Å²) < 4.78 is 17.5. The van der Waals surface area contributed by atoms with Gasteiger partial charge in [-0.2, -0.15) is 0 Å². The summed E-state index contributed by atoms with van der Waals surface area (Å²) in [4.78, 5) is 25.8. The van der Waals surface area contributed by atoms with Crippen LogP contribution in [-0.2, 0) is 27.2 Å². The quantitative estimate of drug-likeness (QED) is 0.676. The number of rotatable bonds is 5. The van der Waals surface area contributed by atoms with Crippen LogP contribution in [0, 0.1) is 0 Å². The van der Waals surface area contributed by atoms with Crippen LogP contribution in [0.1, 0.15) is 46.3 Å². The highest BCUT2D eigenvalue weighted by molar-refractivity contribution is 5.94. The summed E-state index contributed by atoms with van der Waals surface area (Å²) in [6.07, 6.45) is 2.58. The number of ether oxygens (including phenoxy) is 3. The van der Waals surface area contributed by atoms with Crippen LogP contribution in [-0.4, -0.2) is 74.0 Å². The molecule has 2 aromatic rings. The fourth-order valence-corrected chi connectivity index (χ4v) is 4.61. The monoisotopic (exact) mass is 482 g/mol. The fourth-order valence-electron chi connectivity index (χ4n) is 4.61. The van der Waals surface area contributed by atoms with E-state index in [9.17, 15) is 9.59 Å². The molecule has 8 heteroatoms. The first kappa shape index (κ1) is 25.2. The zero-order valence-corrected chi connectivity index (χ0v) is 20.0. The Morgan fingerprint density at radius 3 is 2.60 bits per heavy atom. The summed E-state index contributed by atoms with van der Waals surface area (Å²) >= 11 is 0. The lowest BCUT2D eigenvalue weighted by Gasteiger charge is -2.34. The molecule has 2 N–H and O–H groups in total. The van der Waals surface area contributed by atoms with Gasteiger partial charge in [-0.15, -0.1) is 0 Å². The van der Waals surface area contributed by atoms with Crippen molar-refractivity contribution in [2.75, 3.05) is 46.1 Å². The third-order valence-electron chi connectivity index (χ3n) is 6.43. The molecule has 1 saturated heterocycles. The van der Waals surface area contributed by atoms with Crippen molar-refractivity contribution in [3.05, 3.63) is 64.7 Å². The topological polar surface area (TPSA) is 97.3 Å². The Morgan fingerprint density at radius 1 is 0.971 bits per heavy atom. The van der Waals surface area contributed by atoms with Crippen molar-refractivity contribution in [3.63, 3.8) is 0 Å². The number of nitrogens with one attached hydrogen (secondary N) is 1. The number of carbonyl (C=O) groups excluding carboxylic acids is 1. The van der Waals surface area contributed by atoms with Crippen molar-refractivity contribution in [2.45, 2.75) is 38.3 Å². The molecule has 0 atom stereocenters. The Balaban J connectivity index is 1.54. The molecule has 2 bridgehead atoms. The minimum absolute atomic E-state index is 0.0881. The molecule has 0 saturated carbocycles. The molecular formula is C27H34N2O6. The smallest absolute Gasteiger partial charge is 0.305 e. The predicted molar refractivity (Wildman–Crippen MR) is 131 cm³/mol. The van der Waals surface area contributed by atoms with Crippen LogP contribution in [0.4, 0.5) is 0 Å². The second-order valence-electron chi connectivity index (χ2n) is 8.99. The average molecular weight is 483 g/mol. The van der Waals surface area contributed by atoms with E-state index in [0.29, 0.717) is 37.8 Å². The van der Waals surface area contributed by atoms with Crippen LogP contribution in [0.3, 0.4) is 0 Å². The molecule has 0 unspecified atom stereocenters. The van der Waals surface area contributed by atoms with Crippen molar-refractivity contribution in [2.24, 2.45) is 0 Å². The first-order valence-electron chi connectivity index (χ1n) is 12.3. The molecule has 0 aromatic heterocycles. The third-order valence-corrected chi connectivity index (χ3v) is 6.43. The number of carbonyl (C=O) groups is 2. The molecule has 4 rings (SSSR count). The van der Waals surface area contributed by atoms with Gasteiger partial charge in [-0.05, 0) is 47.7 Å². The Bertz CT molecular complexity index is 1000. The maximum atomic E-state index is 12.6. The summed E-state index contributed by atoms with van der Waals surface area (Å²) in [5, 5.41) is 11.5. The summed E-state index contributed by atoms with van der Waals surface area (Å²) in [7, 11) is 0. The van der Waals surface area contributed by atoms with Gasteiger partial charge in [-0.3, -0.25) is 14.5 Å². The summed E-state index contributed by atoms with van der Waals surface area (Å²) in [5.74, 6) is -0.514. The van der Waals surface area contributed by atoms with Gasteiger partial charge in [0.05, 0.1) is 19.6 Å². The molecule has 1 amide bonds. The molecule has 188 valence electrons. The average Bonchev–Trinajstić information content (AvgIpc) is 2.86. The molecular weight excluding hydrogens is 448 g/mol. The number of aliphatic carboxylic acids is 1. The molecule has 2 aromatic carbocycles. The van der Waals surface area contributed by atoms with E-state index in [-0.39, 0.29) is 18.9 Å². The van der Waals surface area contributed by atoms with E-state index in [4.69, 9.17) is 19.3 Å². The van der Waals surface area contributed by atoms with Gasteiger partial charge in [-0.1, -0.05) is 24.3 Å². The van der Waals surface area contributed by atoms with Crippen molar-refractivity contribution in [3.8, 4) is 5.75 Å². The highest BCUT2D eigenvalue weighted by Gasteiger charge is 2.22. The predicted octanol–water partition coefficient (Wildman–Crippen LogP) is 2.87. The van der Waals surface area contributed by atoms with Gasteiger partial charge < -0.3 is 24.6 Å². The van der Waals surface area contributed by atoms with Gasteiger partial charge >= 0.3 is 5.97 Å². The normalized spacial score (nSPS) is 18.1. The van der Waals surface area contributed by atoms with Crippen LogP contribution < -0.4 is 10.1 Å². The highest BCUT2D eigenvalue weighted by Crippen LogP contribution is 2.25. The van der Waals surface area contributed by atoms with E-state index in [1.165, 1.54) is 5.56 Å². The van der Waals surface area contributed by atoms with Crippen LogP contribution in [0.5, 0.6) is 5.75 Å². The second-order valence-corrected chi connectivity index (χ2v) is 8.99. The van der Waals surface area contributed by atoms with Crippen LogP contribution in [0.15, 0.2) is 42.5 Å². The largest absolute Gasteiger partial charge is 0.491 e. The Morgan fingerprint density at radius 2 is 1.77 bits per heavy atom. The zero-order valence-electron chi connectivity index (χ0n) is 20.0. The Labute approximate surface area is 206 Å². The molecule has 0 spiro atoms. The highest BCUT2D eigenvalue weighted by atomic mass is 16.5. The van der Waals surface area contributed by atoms with Crippen LogP contribution in [0.2, 0.25) is 0 Å². The van der Waals surface area contributed by atoms with E-state index >= 15 is 0 Å². The number of fused-ring (bicyclic) bond motifs is 3. The zero-order chi connectivity index (χ0) is 24.5. The van der Waals surface area contributed by atoms with Gasteiger partial charge in [0.25, 0.3) is 5.91 Å². The van der Waals surface area contributed by atoms with Crippen molar-refractivity contribution in [1.82, 2.24) is 10.2 Å². The lowest BCUT2D eigenvalue weighted by molar-refractivity contribution is -0.136. The number of carboxylic acids is 1. The summed E-state index contributed by atoms with van der Waals surface area (Å²) in [6.45, 7) is 4.98. The number of hydrogen-bond donors (Lipinski definition) is 2. The maximum Gasteiger partial charge on any atom is 0.305 e. The first-order chi connectivity index (χ1) is 17.1. The third kappa shape index (κ3) is 7.52. The Kier molecular flexibility index (Phi) is 9.11. The van der Waals surface area contributed by atoms with Crippen molar-refractivity contribution < 1.29 is 28.9 Å². The van der Waals surface area contributed by atoms with E-state index in [1.54, 1.807) is 6.07 Å². The molecule has 0 radical (unpaired) electrons. The fraction of sp³-hybridized carbons (Fsp3) is 0.481. The van der Waals surface area contributed by atoms with Crippen molar-refractivity contribution in [1.29, 1.82) is 0 Å². The minimum atomic E-state index is -0.944. The van der Waals surface area contributed by atoms with Gasteiger partial charge in [0.15, 0.2) is 0 Å². The second kappa shape index (κ2) is 12.7. The van der Waals surface area contributed by atoms with Gasteiger partial charge in [0.2, 0.25) is 0 Å². The number of hydrogen-bond acceptors (Lipinski definition) is 6. The van der Waals surface area contributed by atoms with Crippen LogP contribution in [0.25, 0.3) is 0 Å². The number of benzene rings is 2. The SMILES string of the molecule is O=C(O)CCNC(=O)c1ccc2c(c1)Cc1cccc(c1)CN(C1CCOCC1)CCOCCO2. The number of nitrogens with zero attached hydrogens (tertiary/aromatic N) is 1. The lowest BCUT2D eigenvalue weighted by atomic mass is 9.99. The molecule has 35 heavy (non-hydrogen) atoms. The molecule has 2 aliphatic heterocycles. The van der Waals surface area contributed by atoms with E-state index < -0.39 is 5.97 Å². The van der Waals surface area contributed by atoms with Gasteiger partial charge in [0, 0.05) is 50.9 Å². The standard InChI is InChI=1S/C27H34N2O6/c30-26(31)6-9-28-27(32)22-4-5-25-23(18-22)17-20-2-1-3-21(16-20)19-29(10-13-34-14-15-35-25)24-7-11-33-12-8-24/h1-5,16,18,24H,6-15,17,19H2,(H,28,32)(H,30,31). The first-order valence-corrected chi connectivity index (χ1v) is 12.3. The summed E-state index contributed by atoms with van der Waals surface area (Å²) in [5.41, 5.74) is 3.79. The van der Waals surface area contributed by atoms with E-state index in [2.05, 4.69) is 34.5 Å². The number of carboxylic acid groups (broad SMARTS) is 1. The van der Waals surface area contributed by atoms with Crippen molar-refractivity contribution >= 4 is 11.9 Å². The van der Waals surface area contributed by atoms with Gasteiger partial charge in [0.1, 0.15) is 12.4 Å². The molecule has 2 heterocycles. The van der Waals surface area contributed by atoms with Gasteiger partial charge in [-0.25, -0.2) is 0 Å². The molecule has 2 aliphatic rings. The minimum Gasteiger partial charge on any atom is -0.491 e.